The van der Waals surface area contributed by atoms with Gasteiger partial charge in [0.1, 0.15) is 0 Å². The van der Waals surface area contributed by atoms with Gasteiger partial charge in [-0.1, -0.05) is 18.2 Å². The Bertz CT molecular complexity index is 740. The number of carbonyl (C=O) groups excluding carboxylic acids is 2. The molecule has 0 fully saturated rings. The number of esters is 1. The molecule has 23 heavy (non-hydrogen) atoms. The van der Waals surface area contributed by atoms with Crippen molar-refractivity contribution in [2.75, 3.05) is 17.3 Å². The molecule has 0 spiro atoms. The molecule has 0 aliphatic carbocycles. The zero-order chi connectivity index (χ0) is 16.4. The summed E-state index contributed by atoms with van der Waals surface area (Å²) in [5, 5.41) is 2.87. The minimum Gasteiger partial charge on any atom is -0.465 e. The largest absolute Gasteiger partial charge is 0.465 e. The second-order valence-corrected chi connectivity index (χ2v) is 5.55. The van der Waals surface area contributed by atoms with Crippen LogP contribution < -0.4 is 10.2 Å². The summed E-state index contributed by atoms with van der Waals surface area (Å²) in [6.45, 7) is 2.03. The Morgan fingerprint density at radius 1 is 1.13 bits per heavy atom. The molecule has 0 radical (unpaired) electrons. The minimum absolute atomic E-state index is 0.113. The summed E-state index contributed by atoms with van der Waals surface area (Å²) < 4.78 is 4.66. The third kappa shape index (κ3) is 2.90. The number of hydrogen-bond donors (Lipinski definition) is 1. The monoisotopic (exact) mass is 310 g/mol. The van der Waals surface area contributed by atoms with Gasteiger partial charge in [-0.05, 0) is 49.2 Å². The van der Waals surface area contributed by atoms with Crippen LogP contribution in [-0.4, -0.2) is 25.2 Å². The summed E-state index contributed by atoms with van der Waals surface area (Å²) in [4.78, 5) is 25.8. The van der Waals surface area contributed by atoms with Crippen LogP contribution in [-0.2, 0) is 11.2 Å². The van der Waals surface area contributed by atoms with E-state index >= 15 is 0 Å². The number of ether oxygens (including phenoxy) is 1. The molecule has 2 amide bonds. The number of nitrogens with one attached hydrogen (secondary N) is 1. The summed E-state index contributed by atoms with van der Waals surface area (Å²) >= 11 is 0. The van der Waals surface area contributed by atoms with Crippen molar-refractivity contribution in [1.29, 1.82) is 0 Å². The van der Waals surface area contributed by atoms with Gasteiger partial charge in [0.2, 0.25) is 0 Å². The number of hydrogen-bond acceptors (Lipinski definition) is 3. The molecule has 1 aliphatic rings. The van der Waals surface area contributed by atoms with E-state index in [1.165, 1.54) is 12.7 Å². The Morgan fingerprint density at radius 3 is 2.52 bits per heavy atom. The lowest BCUT2D eigenvalue weighted by molar-refractivity contribution is 0.0601. The zero-order valence-electron chi connectivity index (χ0n) is 13.1. The normalized spacial score (nSPS) is 15.9. The third-order valence-corrected chi connectivity index (χ3v) is 3.98. The molecular formula is C18H18N2O3. The van der Waals surface area contributed by atoms with Gasteiger partial charge in [0.05, 0.1) is 12.7 Å². The molecule has 5 heteroatoms. The first kappa shape index (κ1) is 15.1. The maximum atomic E-state index is 12.6. The van der Waals surface area contributed by atoms with Crippen molar-refractivity contribution in [3.63, 3.8) is 0 Å². The summed E-state index contributed by atoms with van der Waals surface area (Å²) in [6.07, 6.45) is 0.852. The fourth-order valence-electron chi connectivity index (χ4n) is 2.87. The highest BCUT2D eigenvalue weighted by Crippen LogP contribution is 2.32. The van der Waals surface area contributed by atoms with Gasteiger partial charge < -0.3 is 10.1 Å². The van der Waals surface area contributed by atoms with Gasteiger partial charge in [-0.25, -0.2) is 9.59 Å². The SMILES string of the molecule is COC(=O)c1ccc(NC(=O)N2c3ccccc3CC2C)cc1. The highest BCUT2D eigenvalue weighted by atomic mass is 16.5. The first-order chi connectivity index (χ1) is 11.1. The van der Waals surface area contributed by atoms with Crippen LogP contribution in [0.3, 0.4) is 0 Å². The Labute approximate surface area is 134 Å². The van der Waals surface area contributed by atoms with Crippen LogP contribution in [0.1, 0.15) is 22.8 Å². The third-order valence-electron chi connectivity index (χ3n) is 3.98. The van der Waals surface area contributed by atoms with Gasteiger partial charge in [-0.15, -0.1) is 0 Å². The standard InChI is InChI=1S/C18H18N2O3/c1-12-11-14-5-3-4-6-16(14)20(12)18(22)19-15-9-7-13(8-10-15)17(21)23-2/h3-10,12H,11H2,1-2H3,(H,19,22). The number of amides is 2. The van der Waals surface area contributed by atoms with Crippen LogP contribution in [0.15, 0.2) is 48.5 Å². The van der Waals surface area contributed by atoms with Crippen LogP contribution in [0, 0.1) is 0 Å². The second-order valence-electron chi connectivity index (χ2n) is 5.55. The summed E-state index contributed by atoms with van der Waals surface area (Å²) in [5.41, 5.74) is 3.21. The maximum Gasteiger partial charge on any atom is 0.337 e. The number of urea groups is 1. The topological polar surface area (TPSA) is 58.6 Å². The lowest BCUT2D eigenvalue weighted by Crippen LogP contribution is -2.39. The molecule has 3 rings (SSSR count). The van der Waals surface area contributed by atoms with Crippen LogP contribution in [0.4, 0.5) is 16.2 Å². The number of anilines is 2. The highest BCUT2D eigenvalue weighted by molar-refractivity contribution is 6.03. The Balaban J connectivity index is 1.76. The lowest BCUT2D eigenvalue weighted by atomic mass is 10.1. The molecule has 0 aromatic heterocycles. The van der Waals surface area contributed by atoms with E-state index in [1.54, 1.807) is 29.2 Å². The van der Waals surface area contributed by atoms with Crippen molar-refractivity contribution in [2.24, 2.45) is 0 Å². The van der Waals surface area contributed by atoms with Gasteiger partial charge >= 0.3 is 12.0 Å². The quantitative estimate of drug-likeness (QED) is 0.864. The first-order valence-electron chi connectivity index (χ1n) is 7.46. The molecule has 1 unspecified atom stereocenters. The van der Waals surface area contributed by atoms with Crippen molar-refractivity contribution in [2.45, 2.75) is 19.4 Å². The predicted octanol–water partition coefficient (Wildman–Crippen LogP) is 3.46. The fourth-order valence-corrected chi connectivity index (χ4v) is 2.87. The Hall–Kier alpha value is -2.82. The minimum atomic E-state index is -0.398. The zero-order valence-corrected chi connectivity index (χ0v) is 13.1. The van der Waals surface area contributed by atoms with Crippen LogP contribution in [0.2, 0.25) is 0 Å². The van der Waals surface area contributed by atoms with Crippen molar-refractivity contribution < 1.29 is 14.3 Å². The van der Waals surface area contributed by atoms with E-state index in [1.807, 2.05) is 31.2 Å². The average Bonchev–Trinajstić information content (AvgIpc) is 2.90. The molecule has 2 aromatic rings. The molecular weight excluding hydrogens is 292 g/mol. The first-order valence-corrected chi connectivity index (χ1v) is 7.46. The van der Waals surface area contributed by atoms with Crippen LogP contribution >= 0.6 is 0 Å². The van der Waals surface area contributed by atoms with Crippen LogP contribution in [0.25, 0.3) is 0 Å². The molecule has 5 nitrogen and oxygen atoms in total. The van der Waals surface area contributed by atoms with Crippen LogP contribution in [0.5, 0.6) is 0 Å². The number of rotatable bonds is 2. The molecule has 2 aromatic carbocycles. The number of benzene rings is 2. The van der Waals surface area contributed by atoms with E-state index in [0.717, 1.165) is 12.1 Å². The van der Waals surface area contributed by atoms with Gasteiger partial charge in [0.15, 0.2) is 0 Å². The average molecular weight is 310 g/mol. The smallest absolute Gasteiger partial charge is 0.337 e. The maximum absolute atomic E-state index is 12.6. The molecule has 0 saturated heterocycles. The highest BCUT2D eigenvalue weighted by Gasteiger charge is 2.30. The molecule has 1 N–H and O–H groups in total. The fraction of sp³-hybridized carbons (Fsp3) is 0.222. The molecule has 0 saturated carbocycles. The van der Waals surface area contributed by atoms with Gasteiger partial charge in [0, 0.05) is 17.4 Å². The molecule has 1 atom stereocenters. The number of carbonyl (C=O) groups is 2. The van der Waals surface area contributed by atoms with Crippen molar-refractivity contribution >= 4 is 23.4 Å². The van der Waals surface area contributed by atoms with E-state index in [9.17, 15) is 9.59 Å². The Morgan fingerprint density at radius 2 is 1.83 bits per heavy atom. The van der Waals surface area contributed by atoms with E-state index < -0.39 is 5.97 Å². The van der Waals surface area contributed by atoms with Crippen molar-refractivity contribution in [1.82, 2.24) is 0 Å². The van der Waals surface area contributed by atoms with E-state index in [-0.39, 0.29) is 12.1 Å². The molecule has 1 heterocycles. The second kappa shape index (κ2) is 6.12. The van der Waals surface area contributed by atoms with Gasteiger partial charge in [-0.3, -0.25) is 4.90 Å². The van der Waals surface area contributed by atoms with Gasteiger partial charge in [0.25, 0.3) is 0 Å². The summed E-state index contributed by atoms with van der Waals surface area (Å²) in [6, 6.07) is 14.5. The predicted molar refractivity (Wildman–Crippen MR) is 88.9 cm³/mol. The molecule has 118 valence electrons. The van der Waals surface area contributed by atoms with Gasteiger partial charge in [-0.2, -0.15) is 0 Å². The van der Waals surface area contributed by atoms with E-state index in [2.05, 4.69) is 10.1 Å². The summed E-state index contributed by atoms with van der Waals surface area (Å²) in [7, 11) is 1.34. The number of fused-ring (bicyclic) bond motifs is 1. The van der Waals surface area contributed by atoms with E-state index in [4.69, 9.17) is 0 Å². The van der Waals surface area contributed by atoms with Crippen molar-refractivity contribution in [3.05, 3.63) is 59.7 Å². The molecule has 0 bridgehead atoms. The number of para-hydroxylation sites is 1. The number of nitrogens with zero attached hydrogens (tertiary/aromatic N) is 1. The molecule has 1 aliphatic heterocycles. The number of methoxy groups -OCH3 is 1. The van der Waals surface area contributed by atoms with E-state index in [0.29, 0.717) is 11.3 Å². The summed E-state index contributed by atoms with van der Waals surface area (Å²) in [5.74, 6) is -0.398. The van der Waals surface area contributed by atoms with Crippen molar-refractivity contribution in [3.8, 4) is 0 Å². The Kier molecular flexibility index (Phi) is 4.02. The lowest BCUT2D eigenvalue weighted by Gasteiger charge is -2.23.